The van der Waals surface area contributed by atoms with Gasteiger partial charge >= 0.3 is 6.03 Å². The van der Waals surface area contributed by atoms with Crippen molar-refractivity contribution in [1.29, 1.82) is 0 Å². The molecule has 0 radical (unpaired) electrons. The van der Waals surface area contributed by atoms with E-state index >= 15 is 0 Å². The number of hydrogen-bond acceptors (Lipinski definition) is 3. The maximum atomic E-state index is 14.2. The van der Waals surface area contributed by atoms with Crippen molar-refractivity contribution in [1.82, 2.24) is 20.0 Å². The van der Waals surface area contributed by atoms with E-state index in [1.807, 2.05) is 0 Å². The number of carbonyl (C=O) groups excluding carboxylic acids is 2. The number of halogens is 3. The molecule has 3 N–H and O–H groups in total. The third kappa shape index (κ3) is 4.12. The molecule has 3 rings (SSSR count). The second kappa shape index (κ2) is 8.22. The Bertz CT molecular complexity index is 992. The number of rotatable bonds is 5. The Labute approximate surface area is 178 Å². The lowest BCUT2D eigenvalue weighted by Crippen LogP contribution is -2.55. The van der Waals surface area contributed by atoms with Gasteiger partial charge in [-0.05, 0) is 38.5 Å². The average molecular weight is 440 g/mol. The van der Waals surface area contributed by atoms with Crippen molar-refractivity contribution in [3.63, 3.8) is 0 Å². The number of carbonyl (C=O) groups is 2. The molecule has 2 heterocycles. The molecule has 0 saturated heterocycles. The highest BCUT2D eigenvalue weighted by atomic mass is 35.5. The van der Waals surface area contributed by atoms with Crippen molar-refractivity contribution in [2.75, 3.05) is 6.54 Å². The topological polar surface area (TPSA) is 93.2 Å². The molecule has 162 valence electrons. The predicted molar refractivity (Wildman–Crippen MR) is 109 cm³/mol. The number of hydrogen-bond donors (Lipinski definition) is 2. The van der Waals surface area contributed by atoms with Crippen LogP contribution in [0.1, 0.15) is 43.2 Å². The van der Waals surface area contributed by atoms with Gasteiger partial charge in [-0.25, -0.2) is 13.6 Å². The van der Waals surface area contributed by atoms with Crippen LogP contribution in [0.5, 0.6) is 0 Å². The standard InChI is InChI=1S/C20H24ClF2N5O2/c1-4-15(23)20(2,3)25-19(30)27-7-8-28-14(10-27)16(18(24)29)17(26-28)11-5-6-13(22)12(21)9-11/h5-6,9,15H,4,7-8,10H2,1-3H3,(H2,24,29)(H,25,30). The van der Waals surface area contributed by atoms with E-state index in [0.29, 0.717) is 24.3 Å². The number of benzene rings is 1. The summed E-state index contributed by atoms with van der Waals surface area (Å²) < 4.78 is 29.3. The second-order valence-electron chi connectivity index (χ2n) is 7.84. The summed E-state index contributed by atoms with van der Waals surface area (Å²) in [5.74, 6) is -1.31. The van der Waals surface area contributed by atoms with Gasteiger partial charge in [-0.1, -0.05) is 18.5 Å². The predicted octanol–water partition coefficient (Wildman–Crippen LogP) is 3.49. The molecular formula is C20H24ClF2N5O2. The summed E-state index contributed by atoms with van der Waals surface area (Å²) in [5, 5.41) is 7.05. The molecule has 0 aliphatic carbocycles. The van der Waals surface area contributed by atoms with Crippen LogP contribution in [0, 0.1) is 5.82 Å². The van der Waals surface area contributed by atoms with Gasteiger partial charge in [0, 0.05) is 12.1 Å². The number of nitrogens with zero attached hydrogens (tertiary/aromatic N) is 3. The fourth-order valence-corrected chi connectivity index (χ4v) is 3.72. The van der Waals surface area contributed by atoms with E-state index in [1.54, 1.807) is 25.5 Å². The third-order valence-electron chi connectivity index (χ3n) is 5.28. The molecule has 3 amide bonds. The van der Waals surface area contributed by atoms with E-state index in [0.717, 1.165) is 0 Å². The zero-order valence-electron chi connectivity index (χ0n) is 17.0. The fraction of sp³-hybridized carbons (Fsp3) is 0.450. The zero-order chi connectivity index (χ0) is 22.2. The van der Waals surface area contributed by atoms with Gasteiger partial charge in [-0.2, -0.15) is 5.10 Å². The molecule has 10 heteroatoms. The fourth-order valence-electron chi connectivity index (χ4n) is 3.54. The maximum Gasteiger partial charge on any atom is 0.318 e. The lowest BCUT2D eigenvalue weighted by Gasteiger charge is -2.34. The smallest absolute Gasteiger partial charge is 0.318 e. The molecule has 1 unspecified atom stereocenters. The number of primary amides is 1. The number of urea groups is 1. The molecule has 1 aliphatic heterocycles. The highest BCUT2D eigenvalue weighted by molar-refractivity contribution is 6.31. The Hall–Kier alpha value is -2.68. The van der Waals surface area contributed by atoms with Crippen LogP contribution in [0.4, 0.5) is 13.6 Å². The summed E-state index contributed by atoms with van der Waals surface area (Å²) in [6.45, 7) is 5.68. The minimum Gasteiger partial charge on any atom is -0.365 e. The number of nitrogens with two attached hydrogens (primary N) is 1. The van der Waals surface area contributed by atoms with Crippen molar-refractivity contribution >= 4 is 23.5 Å². The first-order valence-electron chi connectivity index (χ1n) is 9.61. The van der Waals surface area contributed by atoms with Gasteiger partial charge in [-0.3, -0.25) is 9.48 Å². The number of fused-ring (bicyclic) bond motifs is 1. The van der Waals surface area contributed by atoms with E-state index < -0.39 is 29.5 Å². The van der Waals surface area contributed by atoms with Crippen LogP contribution in [0.25, 0.3) is 11.3 Å². The Morgan fingerprint density at radius 2 is 2.07 bits per heavy atom. The van der Waals surface area contributed by atoms with Crippen molar-refractivity contribution in [3.05, 3.63) is 40.3 Å². The van der Waals surface area contributed by atoms with Crippen molar-refractivity contribution in [2.24, 2.45) is 5.73 Å². The van der Waals surface area contributed by atoms with Crippen molar-refractivity contribution in [3.8, 4) is 11.3 Å². The molecule has 1 aliphatic rings. The Kier molecular flexibility index (Phi) is 6.03. The van der Waals surface area contributed by atoms with Crippen molar-refractivity contribution < 1.29 is 18.4 Å². The normalized spacial score (nSPS) is 14.9. The largest absolute Gasteiger partial charge is 0.365 e. The quantitative estimate of drug-likeness (QED) is 0.746. The first kappa shape index (κ1) is 22.0. The van der Waals surface area contributed by atoms with Gasteiger partial charge in [0.25, 0.3) is 5.91 Å². The van der Waals surface area contributed by atoms with E-state index in [1.165, 1.54) is 23.1 Å². The van der Waals surface area contributed by atoms with Gasteiger partial charge in [-0.15, -0.1) is 0 Å². The Balaban J connectivity index is 1.91. The van der Waals surface area contributed by atoms with E-state index in [4.69, 9.17) is 17.3 Å². The van der Waals surface area contributed by atoms with Crippen LogP contribution >= 0.6 is 11.6 Å². The van der Waals surface area contributed by atoms with Crippen LogP contribution in [0.15, 0.2) is 18.2 Å². The van der Waals surface area contributed by atoms with Crippen LogP contribution in [-0.4, -0.2) is 44.9 Å². The molecule has 1 atom stereocenters. The van der Waals surface area contributed by atoms with E-state index in [2.05, 4.69) is 10.4 Å². The van der Waals surface area contributed by atoms with Gasteiger partial charge < -0.3 is 16.0 Å². The van der Waals surface area contributed by atoms with Gasteiger partial charge in [0.1, 0.15) is 17.7 Å². The monoisotopic (exact) mass is 439 g/mol. The summed E-state index contributed by atoms with van der Waals surface area (Å²) in [4.78, 5) is 26.4. The number of alkyl halides is 1. The lowest BCUT2D eigenvalue weighted by molar-refractivity contribution is 0.0996. The maximum absolute atomic E-state index is 14.2. The van der Waals surface area contributed by atoms with Crippen LogP contribution < -0.4 is 11.1 Å². The van der Waals surface area contributed by atoms with Gasteiger partial charge in [0.05, 0.1) is 34.9 Å². The molecule has 1 aromatic heterocycles. The summed E-state index contributed by atoms with van der Waals surface area (Å²) in [5.41, 5.74) is 5.89. The minimum atomic E-state index is -1.20. The SMILES string of the molecule is CCC(F)C(C)(C)NC(=O)N1CCn2nc(-c3ccc(F)c(Cl)c3)c(C(N)=O)c2C1. The molecule has 1 aromatic carbocycles. The molecule has 0 saturated carbocycles. The molecule has 0 fully saturated rings. The van der Waals surface area contributed by atoms with Crippen LogP contribution in [0.3, 0.4) is 0 Å². The number of amides is 3. The number of nitrogens with one attached hydrogen (secondary N) is 1. The van der Waals surface area contributed by atoms with Crippen LogP contribution in [0.2, 0.25) is 5.02 Å². The van der Waals surface area contributed by atoms with Crippen LogP contribution in [-0.2, 0) is 13.1 Å². The zero-order valence-corrected chi connectivity index (χ0v) is 17.8. The highest BCUT2D eigenvalue weighted by Gasteiger charge is 2.34. The second-order valence-corrected chi connectivity index (χ2v) is 8.24. The average Bonchev–Trinajstić information content (AvgIpc) is 3.07. The van der Waals surface area contributed by atoms with Crippen molar-refractivity contribution in [2.45, 2.75) is 52.0 Å². The summed E-state index contributed by atoms with van der Waals surface area (Å²) in [7, 11) is 0. The molecular weight excluding hydrogens is 416 g/mol. The molecule has 30 heavy (non-hydrogen) atoms. The first-order valence-corrected chi connectivity index (χ1v) is 9.99. The minimum absolute atomic E-state index is 0.0746. The van der Waals surface area contributed by atoms with E-state index in [9.17, 15) is 18.4 Å². The molecule has 2 aromatic rings. The first-order chi connectivity index (χ1) is 14.0. The van der Waals surface area contributed by atoms with Gasteiger partial charge in [0.15, 0.2) is 0 Å². The third-order valence-corrected chi connectivity index (χ3v) is 5.57. The summed E-state index contributed by atoms with van der Waals surface area (Å²) in [6, 6.07) is 3.58. The Morgan fingerprint density at radius 3 is 2.67 bits per heavy atom. The molecule has 0 bridgehead atoms. The van der Waals surface area contributed by atoms with E-state index in [-0.39, 0.29) is 29.2 Å². The highest BCUT2D eigenvalue weighted by Crippen LogP contribution is 2.30. The number of aromatic nitrogens is 2. The molecule has 7 nitrogen and oxygen atoms in total. The Morgan fingerprint density at radius 1 is 1.37 bits per heavy atom. The summed E-state index contributed by atoms with van der Waals surface area (Å²) in [6.07, 6.45) is -0.928. The molecule has 0 spiro atoms. The summed E-state index contributed by atoms with van der Waals surface area (Å²) >= 11 is 5.87. The van der Waals surface area contributed by atoms with Gasteiger partial charge in [0.2, 0.25) is 0 Å². The lowest BCUT2D eigenvalue weighted by atomic mass is 9.97.